The number of non-ortho nitro benzene ring substituents is 1. The fourth-order valence-electron chi connectivity index (χ4n) is 3.74. The van der Waals surface area contributed by atoms with E-state index in [0.717, 1.165) is 18.4 Å². The first-order valence-electron chi connectivity index (χ1n) is 11.5. The van der Waals surface area contributed by atoms with Gasteiger partial charge in [-0.3, -0.25) is 24.0 Å². The number of nitrogens with one attached hydrogen (secondary N) is 1. The zero-order valence-corrected chi connectivity index (χ0v) is 23.9. The Morgan fingerprint density at radius 3 is 2.24 bits per heavy atom. The Balaban J connectivity index is 2.62. The molecule has 0 saturated heterocycles. The van der Waals surface area contributed by atoms with Crippen LogP contribution in [0.2, 0.25) is 10.0 Å². The van der Waals surface area contributed by atoms with Crippen LogP contribution in [0.5, 0.6) is 5.75 Å². The molecule has 2 rings (SSSR count). The number of nitrogens with zero attached hydrogens (tertiary/aromatic N) is 3. The predicted octanol–water partition coefficient (Wildman–Crippen LogP) is 4.01. The van der Waals surface area contributed by atoms with Crippen molar-refractivity contribution in [2.45, 2.75) is 45.8 Å². The lowest BCUT2D eigenvalue weighted by Crippen LogP contribution is -2.53. The minimum absolute atomic E-state index is 0.000819. The van der Waals surface area contributed by atoms with Crippen molar-refractivity contribution >= 4 is 56.4 Å². The summed E-state index contributed by atoms with van der Waals surface area (Å²) in [5, 5.41) is 14.7. The van der Waals surface area contributed by atoms with Gasteiger partial charge in [-0.1, -0.05) is 36.2 Å². The molecule has 38 heavy (non-hydrogen) atoms. The summed E-state index contributed by atoms with van der Waals surface area (Å²) in [4.78, 5) is 38.7. The summed E-state index contributed by atoms with van der Waals surface area (Å²) in [5.41, 5.74) is -0.226. The Hall–Kier alpha value is -3.09. The molecule has 11 nitrogen and oxygen atoms in total. The molecule has 0 saturated carbocycles. The molecule has 1 N–H and O–H groups in total. The fourth-order valence-corrected chi connectivity index (χ4v) is 5.10. The predicted molar refractivity (Wildman–Crippen MR) is 146 cm³/mol. The lowest BCUT2D eigenvalue weighted by molar-refractivity contribution is -0.384. The number of hydrogen-bond donors (Lipinski definition) is 1. The number of nitro benzene ring substituents is 1. The van der Waals surface area contributed by atoms with Gasteiger partial charge in [-0.05, 0) is 38.5 Å². The first-order chi connectivity index (χ1) is 17.7. The first kappa shape index (κ1) is 31.1. The number of anilines is 1. The van der Waals surface area contributed by atoms with Gasteiger partial charge in [0.2, 0.25) is 21.8 Å². The second-order valence-corrected chi connectivity index (χ2v) is 11.4. The average molecular weight is 589 g/mol. The fraction of sp³-hybridized carbons (Fsp3) is 0.417. The summed E-state index contributed by atoms with van der Waals surface area (Å²) in [6.07, 6.45) is 1.06. The molecular weight excluding hydrogens is 559 g/mol. The van der Waals surface area contributed by atoms with Crippen molar-refractivity contribution in [2.24, 2.45) is 0 Å². The Morgan fingerprint density at radius 2 is 1.76 bits per heavy atom. The minimum atomic E-state index is -4.15. The molecule has 0 aromatic heterocycles. The van der Waals surface area contributed by atoms with Crippen molar-refractivity contribution in [1.29, 1.82) is 0 Å². The van der Waals surface area contributed by atoms with Gasteiger partial charge in [0.15, 0.2) is 0 Å². The molecule has 2 aromatic carbocycles. The smallest absolute Gasteiger partial charge is 0.271 e. The van der Waals surface area contributed by atoms with Crippen molar-refractivity contribution in [3.05, 3.63) is 62.1 Å². The van der Waals surface area contributed by atoms with E-state index in [0.29, 0.717) is 9.87 Å². The van der Waals surface area contributed by atoms with Crippen LogP contribution in [-0.2, 0) is 26.2 Å². The summed E-state index contributed by atoms with van der Waals surface area (Å²) in [6, 6.07) is 6.97. The maximum Gasteiger partial charge on any atom is 0.271 e. The van der Waals surface area contributed by atoms with Gasteiger partial charge >= 0.3 is 0 Å². The van der Waals surface area contributed by atoms with E-state index in [4.69, 9.17) is 27.9 Å². The van der Waals surface area contributed by atoms with Crippen molar-refractivity contribution in [1.82, 2.24) is 10.2 Å². The number of rotatable bonds is 12. The van der Waals surface area contributed by atoms with Crippen LogP contribution in [-0.4, -0.2) is 62.0 Å². The third-order valence-electron chi connectivity index (χ3n) is 5.53. The highest BCUT2D eigenvalue weighted by Crippen LogP contribution is 2.34. The van der Waals surface area contributed by atoms with E-state index in [2.05, 4.69) is 5.32 Å². The number of ether oxygens (including phenoxy) is 1. The molecule has 0 bridgehead atoms. The molecule has 0 aliphatic heterocycles. The highest BCUT2D eigenvalue weighted by Gasteiger charge is 2.34. The quantitative estimate of drug-likeness (QED) is 0.292. The van der Waals surface area contributed by atoms with Crippen LogP contribution in [0.4, 0.5) is 11.4 Å². The Labute approximate surface area is 231 Å². The molecule has 0 fully saturated rings. The number of nitro groups is 1. The number of sulfonamides is 1. The van der Waals surface area contributed by atoms with E-state index in [1.807, 2.05) is 0 Å². The number of methoxy groups -OCH3 is 1. The van der Waals surface area contributed by atoms with Crippen molar-refractivity contribution in [3.63, 3.8) is 0 Å². The molecule has 1 atom stereocenters. The minimum Gasteiger partial charge on any atom is -0.495 e. The summed E-state index contributed by atoms with van der Waals surface area (Å²) >= 11 is 12.7. The summed E-state index contributed by atoms with van der Waals surface area (Å²) < 4.78 is 31.6. The second-order valence-electron chi connectivity index (χ2n) is 8.69. The Bertz CT molecular complexity index is 1280. The number of benzene rings is 2. The number of halogens is 2. The Kier molecular flexibility index (Phi) is 10.7. The number of hydrogen-bond acceptors (Lipinski definition) is 7. The molecular formula is C24H30Cl2N4O7S. The highest BCUT2D eigenvalue weighted by molar-refractivity contribution is 7.92. The maximum absolute atomic E-state index is 13.8. The van der Waals surface area contributed by atoms with Crippen molar-refractivity contribution < 1.29 is 27.7 Å². The van der Waals surface area contributed by atoms with E-state index in [-0.39, 0.29) is 40.5 Å². The molecule has 0 spiro atoms. The molecule has 2 amide bonds. The largest absolute Gasteiger partial charge is 0.495 e. The highest BCUT2D eigenvalue weighted by atomic mass is 35.5. The van der Waals surface area contributed by atoms with E-state index >= 15 is 0 Å². The van der Waals surface area contributed by atoms with Crippen LogP contribution in [0.1, 0.15) is 32.8 Å². The van der Waals surface area contributed by atoms with E-state index in [9.17, 15) is 28.1 Å². The lowest BCUT2D eigenvalue weighted by Gasteiger charge is -2.33. The van der Waals surface area contributed by atoms with Crippen LogP contribution in [0, 0.1) is 10.1 Å². The lowest BCUT2D eigenvalue weighted by atomic mass is 10.1. The van der Waals surface area contributed by atoms with E-state index in [1.54, 1.807) is 39.0 Å². The first-order valence-corrected chi connectivity index (χ1v) is 14.1. The zero-order chi connectivity index (χ0) is 28.8. The zero-order valence-electron chi connectivity index (χ0n) is 21.6. The molecule has 0 aliphatic rings. The summed E-state index contributed by atoms with van der Waals surface area (Å²) in [5.74, 6) is -1.21. The number of carbonyl (C=O) groups is 2. The van der Waals surface area contributed by atoms with Gasteiger partial charge in [0, 0.05) is 40.3 Å². The van der Waals surface area contributed by atoms with Gasteiger partial charge in [-0.2, -0.15) is 0 Å². The number of amides is 2. The van der Waals surface area contributed by atoms with Gasteiger partial charge in [0.05, 0.1) is 18.3 Å². The van der Waals surface area contributed by atoms with Gasteiger partial charge in [0.1, 0.15) is 24.0 Å². The average Bonchev–Trinajstić information content (AvgIpc) is 2.82. The van der Waals surface area contributed by atoms with E-state index in [1.165, 1.54) is 18.1 Å². The van der Waals surface area contributed by atoms with Crippen molar-refractivity contribution in [2.75, 3.05) is 24.2 Å². The maximum atomic E-state index is 13.8. The van der Waals surface area contributed by atoms with Crippen LogP contribution in [0.3, 0.4) is 0 Å². The topological polar surface area (TPSA) is 139 Å². The third-order valence-corrected chi connectivity index (χ3v) is 7.36. The third kappa shape index (κ3) is 7.71. The van der Waals surface area contributed by atoms with Gasteiger partial charge in [-0.25, -0.2) is 8.42 Å². The molecule has 208 valence electrons. The van der Waals surface area contributed by atoms with Crippen LogP contribution in [0.15, 0.2) is 36.4 Å². The van der Waals surface area contributed by atoms with Gasteiger partial charge < -0.3 is 15.0 Å². The monoisotopic (exact) mass is 588 g/mol. The van der Waals surface area contributed by atoms with Crippen LogP contribution in [0.25, 0.3) is 0 Å². The molecule has 0 radical (unpaired) electrons. The second kappa shape index (κ2) is 13.1. The number of carbonyl (C=O) groups excluding carboxylic acids is 2. The summed E-state index contributed by atoms with van der Waals surface area (Å²) in [6.45, 7) is 4.27. The van der Waals surface area contributed by atoms with Crippen molar-refractivity contribution in [3.8, 4) is 5.75 Å². The van der Waals surface area contributed by atoms with Crippen LogP contribution >= 0.6 is 23.2 Å². The van der Waals surface area contributed by atoms with E-state index < -0.39 is 45.0 Å². The molecule has 14 heteroatoms. The molecule has 0 unspecified atom stereocenters. The molecule has 0 heterocycles. The van der Waals surface area contributed by atoms with Gasteiger partial charge in [-0.15, -0.1) is 0 Å². The van der Waals surface area contributed by atoms with Gasteiger partial charge in [0.25, 0.3) is 5.69 Å². The molecule has 2 aromatic rings. The summed E-state index contributed by atoms with van der Waals surface area (Å²) in [7, 11) is -2.89. The van der Waals surface area contributed by atoms with Crippen LogP contribution < -0.4 is 14.4 Å². The Morgan fingerprint density at radius 1 is 1.16 bits per heavy atom. The normalized spacial score (nSPS) is 12.1. The molecule has 0 aliphatic carbocycles. The standard InChI is InChI=1S/C24H30Cl2N4O7S/c1-6-20(24(32)27-15(2)3)28(13-17-18(25)8-7-9-19(17)26)23(31)14-29(38(5,35)36)21-12-16(30(33)34)10-11-22(21)37-4/h7-12,15,20H,6,13-14H2,1-5H3,(H,27,32)/t20-/m0/s1. The SMILES string of the molecule is CC[C@@H](C(=O)NC(C)C)N(Cc1c(Cl)cccc1Cl)C(=O)CN(c1cc([N+](=O)[O-])ccc1OC)S(C)(=O)=O.